The molecule has 3 rings (SSSR count). The molecule has 5 nitrogen and oxygen atoms in total. The number of carbonyl (C=O) groups is 2. The molecule has 7 heteroatoms. The topological polar surface area (TPSA) is 71.1 Å². The zero-order chi connectivity index (χ0) is 22.4. The molecule has 0 spiro atoms. The van der Waals surface area contributed by atoms with E-state index in [1.165, 1.54) is 11.3 Å². The monoisotopic (exact) mass is 455 g/mol. The molecule has 0 aliphatic carbocycles. The smallest absolute Gasteiger partial charge is 0.247 e. The highest BCUT2D eigenvalue weighted by atomic mass is 35.5. The van der Waals surface area contributed by atoms with Crippen LogP contribution in [-0.2, 0) is 16.1 Å². The molecule has 162 valence electrons. The van der Waals surface area contributed by atoms with Crippen LogP contribution in [0.1, 0.15) is 41.8 Å². The van der Waals surface area contributed by atoms with Crippen molar-refractivity contribution in [1.29, 1.82) is 0 Å². The first-order chi connectivity index (χ1) is 14.8. The first-order valence-corrected chi connectivity index (χ1v) is 11.4. The SMILES string of the molecule is Cc1sc(CNC(=O)C(NC(=O)CC(C)C)c2ccccc2)nc1-c1ccc(Cl)cc1. The van der Waals surface area contributed by atoms with Gasteiger partial charge in [0.15, 0.2) is 0 Å². The van der Waals surface area contributed by atoms with Gasteiger partial charge in [-0.15, -0.1) is 11.3 Å². The zero-order valence-corrected chi connectivity index (χ0v) is 19.4. The number of carbonyl (C=O) groups excluding carboxylic acids is 2. The predicted octanol–water partition coefficient (Wildman–Crippen LogP) is 5.29. The Labute approximate surface area is 191 Å². The molecule has 2 aromatic carbocycles. The maximum Gasteiger partial charge on any atom is 0.247 e. The van der Waals surface area contributed by atoms with Crippen LogP contribution in [0, 0.1) is 12.8 Å². The largest absolute Gasteiger partial charge is 0.347 e. The molecule has 0 aliphatic rings. The van der Waals surface area contributed by atoms with Gasteiger partial charge in [0.2, 0.25) is 11.8 Å². The number of aryl methyl sites for hydroxylation is 1. The van der Waals surface area contributed by atoms with E-state index in [0.717, 1.165) is 26.7 Å². The number of amides is 2. The van der Waals surface area contributed by atoms with Crippen LogP contribution in [0.15, 0.2) is 54.6 Å². The number of nitrogens with one attached hydrogen (secondary N) is 2. The molecule has 2 N–H and O–H groups in total. The molecule has 0 saturated heterocycles. The van der Waals surface area contributed by atoms with Crippen LogP contribution in [0.5, 0.6) is 0 Å². The van der Waals surface area contributed by atoms with Crippen molar-refractivity contribution in [1.82, 2.24) is 15.6 Å². The van der Waals surface area contributed by atoms with Gasteiger partial charge in [-0.25, -0.2) is 4.98 Å². The summed E-state index contributed by atoms with van der Waals surface area (Å²) in [6.07, 6.45) is 0.368. The Morgan fingerprint density at radius 1 is 1.06 bits per heavy atom. The van der Waals surface area contributed by atoms with Gasteiger partial charge in [0.25, 0.3) is 0 Å². The van der Waals surface area contributed by atoms with Gasteiger partial charge < -0.3 is 10.6 Å². The maximum atomic E-state index is 13.0. The third-order valence-corrected chi connectivity index (χ3v) is 5.89. The fourth-order valence-corrected chi connectivity index (χ4v) is 4.22. The molecule has 2 amide bonds. The minimum Gasteiger partial charge on any atom is -0.347 e. The molecule has 1 unspecified atom stereocenters. The highest BCUT2D eigenvalue weighted by Crippen LogP contribution is 2.28. The molecule has 0 bridgehead atoms. The quantitative estimate of drug-likeness (QED) is 0.484. The number of nitrogens with zero attached hydrogens (tertiary/aromatic N) is 1. The average Bonchev–Trinajstić information content (AvgIpc) is 3.11. The van der Waals surface area contributed by atoms with Crippen molar-refractivity contribution in [2.24, 2.45) is 5.92 Å². The molecule has 1 atom stereocenters. The van der Waals surface area contributed by atoms with E-state index >= 15 is 0 Å². The van der Waals surface area contributed by atoms with Crippen LogP contribution in [0.3, 0.4) is 0 Å². The summed E-state index contributed by atoms with van der Waals surface area (Å²) in [6, 6.07) is 16.1. The lowest BCUT2D eigenvalue weighted by atomic mass is 10.0. The Morgan fingerprint density at radius 3 is 2.39 bits per heavy atom. The summed E-state index contributed by atoms with van der Waals surface area (Å²) in [4.78, 5) is 31.1. The highest BCUT2D eigenvalue weighted by molar-refractivity contribution is 7.12. The molecule has 1 aromatic heterocycles. The summed E-state index contributed by atoms with van der Waals surface area (Å²) >= 11 is 7.52. The summed E-state index contributed by atoms with van der Waals surface area (Å²) in [6.45, 7) is 6.24. The van der Waals surface area contributed by atoms with Crippen molar-refractivity contribution in [3.05, 3.63) is 75.1 Å². The van der Waals surface area contributed by atoms with Crippen LogP contribution in [-0.4, -0.2) is 16.8 Å². The number of rotatable bonds is 8. The summed E-state index contributed by atoms with van der Waals surface area (Å²) < 4.78 is 0. The Morgan fingerprint density at radius 2 is 1.74 bits per heavy atom. The average molecular weight is 456 g/mol. The maximum absolute atomic E-state index is 13.0. The molecule has 1 heterocycles. The van der Waals surface area contributed by atoms with Gasteiger partial charge in [0.05, 0.1) is 12.2 Å². The van der Waals surface area contributed by atoms with Crippen molar-refractivity contribution in [2.45, 2.75) is 39.8 Å². The Hall–Kier alpha value is -2.70. The van der Waals surface area contributed by atoms with Crippen molar-refractivity contribution in [3.8, 4) is 11.3 Å². The van der Waals surface area contributed by atoms with E-state index < -0.39 is 6.04 Å². The van der Waals surface area contributed by atoms with E-state index in [0.29, 0.717) is 18.0 Å². The molecule has 0 radical (unpaired) electrons. The van der Waals surface area contributed by atoms with Crippen LogP contribution < -0.4 is 10.6 Å². The second-order valence-electron chi connectivity index (χ2n) is 7.75. The number of thiazole rings is 1. The Bertz CT molecular complexity index is 1030. The standard InChI is InChI=1S/C24H26ClN3O2S/c1-15(2)13-20(29)27-23(17-7-5-4-6-8-17)24(30)26-14-21-28-22(16(3)31-21)18-9-11-19(25)12-10-18/h4-12,15,23H,13-14H2,1-3H3,(H,26,30)(H,27,29). The van der Waals surface area contributed by atoms with E-state index in [9.17, 15) is 9.59 Å². The van der Waals surface area contributed by atoms with Crippen molar-refractivity contribution in [3.63, 3.8) is 0 Å². The molecule has 3 aromatic rings. The number of halogens is 1. The number of hydrogen-bond donors (Lipinski definition) is 2. The van der Waals surface area contributed by atoms with Gasteiger partial charge in [-0.3, -0.25) is 9.59 Å². The lowest BCUT2D eigenvalue weighted by Crippen LogP contribution is -2.40. The summed E-state index contributed by atoms with van der Waals surface area (Å²) in [5, 5.41) is 7.28. The number of benzene rings is 2. The fourth-order valence-electron chi connectivity index (χ4n) is 3.20. The van der Waals surface area contributed by atoms with E-state index in [4.69, 9.17) is 11.6 Å². The highest BCUT2D eigenvalue weighted by Gasteiger charge is 2.23. The molecule has 0 fully saturated rings. The van der Waals surface area contributed by atoms with Gasteiger partial charge >= 0.3 is 0 Å². The second-order valence-corrected chi connectivity index (χ2v) is 9.47. The first kappa shape index (κ1) is 23.0. The van der Waals surface area contributed by atoms with Gasteiger partial charge in [-0.1, -0.05) is 67.9 Å². The van der Waals surface area contributed by atoms with Gasteiger partial charge in [-0.05, 0) is 30.5 Å². The van der Waals surface area contributed by atoms with Gasteiger partial charge in [0, 0.05) is 21.9 Å². The van der Waals surface area contributed by atoms with Crippen molar-refractivity contribution >= 4 is 34.8 Å². The molecular weight excluding hydrogens is 430 g/mol. The Balaban J connectivity index is 1.71. The lowest BCUT2D eigenvalue weighted by molar-refractivity contribution is -0.129. The molecule has 31 heavy (non-hydrogen) atoms. The number of hydrogen-bond acceptors (Lipinski definition) is 4. The van der Waals surface area contributed by atoms with E-state index in [-0.39, 0.29) is 17.7 Å². The second kappa shape index (κ2) is 10.6. The van der Waals surface area contributed by atoms with Crippen LogP contribution >= 0.6 is 22.9 Å². The summed E-state index contributed by atoms with van der Waals surface area (Å²) in [5.74, 6) is -0.192. The molecule has 0 aliphatic heterocycles. The zero-order valence-electron chi connectivity index (χ0n) is 17.8. The fraction of sp³-hybridized carbons (Fsp3) is 0.292. The number of aromatic nitrogens is 1. The van der Waals surface area contributed by atoms with Crippen LogP contribution in [0.2, 0.25) is 5.02 Å². The van der Waals surface area contributed by atoms with Crippen molar-refractivity contribution in [2.75, 3.05) is 0 Å². The van der Waals surface area contributed by atoms with E-state index in [1.54, 1.807) is 0 Å². The van der Waals surface area contributed by atoms with E-state index in [1.807, 2.05) is 75.4 Å². The van der Waals surface area contributed by atoms with Gasteiger partial charge in [0.1, 0.15) is 11.0 Å². The van der Waals surface area contributed by atoms with Crippen LogP contribution in [0.4, 0.5) is 0 Å². The van der Waals surface area contributed by atoms with Crippen LogP contribution in [0.25, 0.3) is 11.3 Å². The van der Waals surface area contributed by atoms with Gasteiger partial charge in [-0.2, -0.15) is 0 Å². The summed E-state index contributed by atoms with van der Waals surface area (Å²) in [7, 11) is 0. The predicted molar refractivity (Wildman–Crippen MR) is 126 cm³/mol. The molecular formula is C24H26ClN3O2S. The normalized spacial score (nSPS) is 11.9. The molecule has 0 saturated carbocycles. The third kappa shape index (κ3) is 6.39. The first-order valence-electron chi connectivity index (χ1n) is 10.2. The third-order valence-electron chi connectivity index (χ3n) is 4.67. The summed E-state index contributed by atoms with van der Waals surface area (Å²) in [5.41, 5.74) is 2.61. The lowest BCUT2D eigenvalue weighted by Gasteiger charge is -2.19. The minimum atomic E-state index is -0.746. The minimum absolute atomic E-state index is 0.144. The Kier molecular flexibility index (Phi) is 7.82. The van der Waals surface area contributed by atoms with Crippen molar-refractivity contribution < 1.29 is 9.59 Å². The van der Waals surface area contributed by atoms with E-state index in [2.05, 4.69) is 15.6 Å².